The first kappa shape index (κ1) is 14.1. The highest BCUT2D eigenvalue weighted by atomic mass is 32.2. The number of pyridine rings is 1. The molecule has 2 N–H and O–H groups in total. The number of hydrogen-bond donors (Lipinski definition) is 2. The molecule has 0 radical (unpaired) electrons. The van der Waals surface area contributed by atoms with Gasteiger partial charge in [-0.1, -0.05) is 30.0 Å². The lowest BCUT2D eigenvalue weighted by Gasteiger charge is -2.04. The van der Waals surface area contributed by atoms with Crippen molar-refractivity contribution in [3.05, 3.63) is 54.2 Å². The Hall–Kier alpha value is -2.34. The molecule has 0 saturated heterocycles. The quantitative estimate of drug-likeness (QED) is 0.826. The van der Waals surface area contributed by atoms with Gasteiger partial charge in [0.1, 0.15) is 0 Å². The van der Waals surface area contributed by atoms with Crippen molar-refractivity contribution in [3.63, 3.8) is 0 Å². The maximum atomic E-state index is 11.7. The Balaban J connectivity index is 1.85. The maximum absolute atomic E-state index is 11.7. The average molecular weight is 288 g/mol. The van der Waals surface area contributed by atoms with Crippen molar-refractivity contribution in [1.82, 2.24) is 4.98 Å². The smallest absolute Gasteiger partial charge is 0.337 e. The standard InChI is InChI=1S/C14H12N2O3S/c17-12(16-11-4-2-1-3-5-11)9-20-13-7-6-10(8-15-13)14(18)19/h1-8H,9H2,(H,16,17)(H,18,19). The summed E-state index contributed by atoms with van der Waals surface area (Å²) < 4.78 is 0. The molecule has 0 aliphatic rings. The van der Waals surface area contributed by atoms with Crippen LogP contribution in [0.25, 0.3) is 0 Å². The number of anilines is 1. The van der Waals surface area contributed by atoms with Crippen LogP contribution in [0, 0.1) is 0 Å². The number of carbonyl (C=O) groups is 2. The SMILES string of the molecule is O=C(CSc1ccc(C(=O)O)cn1)Nc1ccccc1. The topological polar surface area (TPSA) is 79.3 Å². The van der Waals surface area contributed by atoms with Crippen molar-refractivity contribution in [2.24, 2.45) is 0 Å². The van der Waals surface area contributed by atoms with Gasteiger partial charge in [0.2, 0.25) is 5.91 Å². The van der Waals surface area contributed by atoms with E-state index >= 15 is 0 Å². The first-order chi connectivity index (χ1) is 9.65. The predicted molar refractivity (Wildman–Crippen MR) is 77.0 cm³/mol. The fraction of sp³-hybridized carbons (Fsp3) is 0.0714. The van der Waals surface area contributed by atoms with Crippen LogP contribution in [-0.4, -0.2) is 27.7 Å². The molecule has 0 aliphatic heterocycles. The molecule has 2 aromatic rings. The van der Waals surface area contributed by atoms with Crippen LogP contribution in [0.1, 0.15) is 10.4 Å². The van der Waals surface area contributed by atoms with Crippen molar-refractivity contribution in [2.45, 2.75) is 5.03 Å². The highest BCUT2D eigenvalue weighted by Crippen LogP contribution is 2.16. The minimum Gasteiger partial charge on any atom is -0.478 e. The summed E-state index contributed by atoms with van der Waals surface area (Å²) >= 11 is 1.25. The second-order valence-corrected chi connectivity index (χ2v) is 4.89. The van der Waals surface area contributed by atoms with E-state index in [2.05, 4.69) is 10.3 Å². The summed E-state index contributed by atoms with van der Waals surface area (Å²) in [7, 11) is 0. The number of nitrogens with one attached hydrogen (secondary N) is 1. The summed E-state index contributed by atoms with van der Waals surface area (Å²) in [6, 6.07) is 12.2. The number of hydrogen-bond acceptors (Lipinski definition) is 4. The summed E-state index contributed by atoms with van der Waals surface area (Å²) in [6.07, 6.45) is 1.28. The van der Waals surface area contributed by atoms with Crippen molar-refractivity contribution in [1.29, 1.82) is 0 Å². The molecule has 0 atom stereocenters. The van der Waals surface area contributed by atoms with E-state index in [1.165, 1.54) is 24.0 Å². The van der Waals surface area contributed by atoms with Crippen molar-refractivity contribution in [3.8, 4) is 0 Å². The van der Waals surface area contributed by atoms with E-state index in [4.69, 9.17) is 5.11 Å². The highest BCUT2D eigenvalue weighted by molar-refractivity contribution is 7.99. The van der Waals surface area contributed by atoms with Gasteiger partial charge in [0, 0.05) is 11.9 Å². The van der Waals surface area contributed by atoms with E-state index in [0.29, 0.717) is 5.03 Å². The highest BCUT2D eigenvalue weighted by Gasteiger charge is 2.06. The molecule has 0 bridgehead atoms. The third kappa shape index (κ3) is 4.10. The Labute approximate surface area is 120 Å². The molecule has 0 saturated carbocycles. The second-order valence-electron chi connectivity index (χ2n) is 3.89. The third-order valence-electron chi connectivity index (χ3n) is 2.39. The number of para-hydroxylation sites is 1. The molecular weight excluding hydrogens is 276 g/mol. The van der Waals surface area contributed by atoms with Gasteiger partial charge < -0.3 is 10.4 Å². The molecule has 1 aromatic carbocycles. The summed E-state index contributed by atoms with van der Waals surface area (Å²) in [5, 5.41) is 12.1. The Bertz CT molecular complexity index is 600. The van der Waals surface area contributed by atoms with Crippen LogP contribution >= 0.6 is 11.8 Å². The van der Waals surface area contributed by atoms with Gasteiger partial charge in [-0.25, -0.2) is 9.78 Å². The molecule has 5 nitrogen and oxygen atoms in total. The molecule has 1 aromatic heterocycles. The van der Waals surface area contributed by atoms with Crippen LogP contribution in [0.4, 0.5) is 5.69 Å². The van der Waals surface area contributed by atoms with Gasteiger partial charge >= 0.3 is 5.97 Å². The fourth-order valence-electron chi connectivity index (χ4n) is 1.45. The molecule has 1 amide bonds. The zero-order chi connectivity index (χ0) is 14.4. The van der Waals surface area contributed by atoms with Crippen LogP contribution in [0.2, 0.25) is 0 Å². The number of benzene rings is 1. The molecule has 102 valence electrons. The lowest BCUT2D eigenvalue weighted by atomic mass is 10.3. The number of nitrogens with zero attached hydrogens (tertiary/aromatic N) is 1. The van der Waals surface area contributed by atoms with E-state index in [0.717, 1.165) is 5.69 Å². The lowest BCUT2D eigenvalue weighted by molar-refractivity contribution is -0.113. The van der Waals surface area contributed by atoms with Gasteiger partial charge in [-0.15, -0.1) is 0 Å². The average Bonchev–Trinajstić information content (AvgIpc) is 2.46. The van der Waals surface area contributed by atoms with Gasteiger partial charge in [-0.05, 0) is 24.3 Å². The van der Waals surface area contributed by atoms with Gasteiger partial charge in [0.25, 0.3) is 0 Å². The summed E-state index contributed by atoms with van der Waals surface area (Å²) in [5.41, 5.74) is 0.871. The molecule has 2 rings (SSSR count). The summed E-state index contributed by atoms with van der Waals surface area (Å²) in [4.78, 5) is 26.4. The predicted octanol–water partition coefficient (Wildman–Crippen LogP) is 2.51. The Morgan fingerprint density at radius 3 is 2.50 bits per heavy atom. The zero-order valence-electron chi connectivity index (χ0n) is 10.4. The Morgan fingerprint density at radius 1 is 1.15 bits per heavy atom. The van der Waals surface area contributed by atoms with Gasteiger partial charge in [-0.2, -0.15) is 0 Å². The number of carboxylic acid groups (broad SMARTS) is 1. The second kappa shape index (κ2) is 6.72. The number of aromatic nitrogens is 1. The lowest BCUT2D eigenvalue weighted by Crippen LogP contribution is -2.13. The molecule has 0 spiro atoms. The third-order valence-corrected chi connectivity index (χ3v) is 3.34. The number of carbonyl (C=O) groups excluding carboxylic acids is 1. The molecule has 0 fully saturated rings. The molecule has 0 aliphatic carbocycles. The minimum absolute atomic E-state index is 0.128. The monoisotopic (exact) mass is 288 g/mol. The fourth-order valence-corrected chi connectivity index (χ4v) is 2.09. The van der Waals surface area contributed by atoms with Crippen LogP contribution in [0.3, 0.4) is 0 Å². The molecular formula is C14H12N2O3S. The Morgan fingerprint density at radius 2 is 1.90 bits per heavy atom. The molecule has 6 heteroatoms. The van der Waals surface area contributed by atoms with Crippen molar-refractivity contribution >= 4 is 29.3 Å². The molecule has 1 heterocycles. The van der Waals surface area contributed by atoms with E-state index < -0.39 is 5.97 Å². The normalized spacial score (nSPS) is 10.0. The molecule has 0 unspecified atom stereocenters. The Kier molecular flexibility index (Phi) is 4.73. The zero-order valence-corrected chi connectivity index (χ0v) is 11.3. The van der Waals surface area contributed by atoms with E-state index in [1.807, 2.05) is 30.3 Å². The van der Waals surface area contributed by atoms with Crippen LogP contribution in [0.15, 0.2) is 53.7 Å². The minimum atomic E-state index is -1.02. The van der Waals surface area contributed by atoms with Crippen molar-refractivity contribution < 1.29 is 14.7 Å². The van der Waals surface area contributed by atoms with Crippen LogP contribution in [0.5, 0.6) is 0 Å². The number of carboxylic acids is 1. The van der Waals surface area contributed by atoms with Crippen LogP contribution in [-0.2, 0) is 4.79 Å². The van der Waals surface area contributed by atoms with Crippen LogP contribution < -0.4 is 5.32 Å². The maximum Gasteiger partial charge on any atom is 0.337 e. The number of amides is 1. The van der Waals surface area contributed by atoms with E-state index in [-0.39, 0.29) is 17.2 Å². The van der Waals surface area contributed by atoms with Crippen molar-refractivity contribution in [2.75, 3.05) is 11.1 Å². The largest absolute Gasteiger partial charge is 0.478 e. The summed E-state index contributed by atoms with van der Waals surface area (Å²) in [6.45, 7) is 0. The number of rotatable bonds is 5. The summed E-state index contributed by atoms with van der Waals surface area (Å²) in [5.74, 6) is -0.935. The van der Waals surface area contributed by atoms with Gasteiger partial charge in [0.05, 0.1) is 16.3 Å². The molecule has 20 heavy (non-hydrogen) atoms. The first-order valence-corrected chi connectivity index (χ1v) is 6.81. The number of thioether (sulfide) groups is 1. The van der Waals surface area contributed by atoms with Gasteiger partial charge in [0.15, 0.2) is 0 Å². The van der Waals surface area contributed by atoms with Gasteiger partial charge in [-0.3, -0.25) is 4.79 Å². The van der Waals surface area contributed by atoms with E-state index in [9.17, 15) is 9.59 Å². The first-order valence-electron chi connectivity index (χ1n) is 5.82. The van der Waals surface area contributed by atoms with E-state index in [1.54, 1.807) is 6.07 Å². The number of aromatic carboxylic acids is 1.